The van der Waals surface area contributed by atoms with Gasteiger partial charge in [0.15, 0.2) is 5.82 Å². The molecule has 1 heterocycles. The second kappa shape index (κ2) is 5.26. The lowest BCUT2D eigenvalue weighted by Crippen LogP contribution is -2.05. The van der Waals surface area contributed by atoms with E-state index in [2.05, 4.69) is 15.5 Å². The van der Waals surface area contributed by atoms with Crippen LogP contribution in [-0.4, -0.2) is 36.4 Å². The van der Waals surface area contributed by atoms with Crippen LogP contribution in [0, 0.1) is 0 Å². The maximum Gasteiger partial charge on any atom is 0.303 e. The first kappa shape index (κ1) is 12.0. The van der Waals surface area contributed by atoms with Gasteiger partial charge in [0.05, 0.1) is 0 Å². The number of aromatic hydroxyl groups is 1. The highest BCUT2D eigenvalue weighted by Gasteiger charge is 2.09. The number of phenolic OH excluding ortho intramolecular Hbond substituents is 1. The number of hydrogen-bond acceptors (Lipinski definition) is 5. The van der Waals surface area contributed by atoms with Crippen LogP contribution in [0.15, 0.2) is 24.3 Å². The molecular weight excluding hydrogens is 236 g/mol. The molecule has 0 radical (unpaired) electrons. The maximum atomic E-state index is 10.4. The van der Waals surface area contributed by atoms with Gasteiger partial charge in [-0.1, -0.05) is 0 Å². The fraction of sp³-hybridized carbons (Fsp3) is 0.273. The van der Waals surface area contributed by atoms with E-state index in [0.717, 1.165) is 5.56 Å². The normalized spacial score (nSPS) is 10.4. The van der Waals surface area contributed by atoms with E-state index in [-0.39, 0.29) is 12.2 Å². The topological polar surface area (TPSA) is 101 Å². The number of aromatic nitrogens is 4. The monoisotopic (exact) mass is 248 g/mol. The zero-order valence-corrected chi connectivity index (χ0v) is 9.52. The van der Waals surface area contributed by atoms with Crippen molar-refractivity contribution in [1.29, 1.82) is 0 Å². The second-order valence-electron chi connectivity index (χ2n) is 3.77. The van der Waals surface area contributed by atoms with Crippen LogP contribution in [0.3, 0.4) is 0 Å². The average molecular weight is 248 g/mol. The molecule has 0 saturated heterocycles. The van der Waals surface area contributed by atoms with Crippen molar-refractivity contribution in [2.75, 3.05) is 0 Å². The van der Waals surface area contributed by atoms with E-state index >= 15 is 0 Å². The third-order valence-corrected chi connectivity index (χ3v) is 2.42. The molecular formula is C11H12N4O3. The Morgan fingerprint density at radius 2 is 2.00 bits per heavy atom. The lowest BCUT2D eigenvalue weighted by Gasteiger charge is -2.03. The Balaban J connectivity index is 2.12. The summed E-state index contributed by atoms with van der Waals surface area (Å²) in [5.74, 6) is -0.113. The molecule has 0 fully saturated rings. The fourth-order valence-electron chi connectivity index (χ4n) is 1.55. The second-order valence-corrected chi connectivity index (χ2v) is 3.77. The summed E-state index contributed by atoms with van der Waals surface area (Å²) in [5, 5.41) is 29.0. The van der Waals surface area contributed by atoms with E-state index in [9.17, 15) is 9.90 Å². The van der Waals surface area contributed by atoms with Crippen molar-refractivity contribution >= 4 is 5.97 Å². The minimum atomic E-state index is -0.839. The molecule has 2 N–H and O–H groups in total. The summed E-state index contributed by atoms with van der Waals surface area (Å²) in [7, 11) is 0. The number of aryl methyl sites for hydroxylation is 1. The highest BCUT2D eigenvalue weighted by atomic mass is 16.4. The molecule has 0 amide bonds. The van der Waals surface area contributed by atoms with Crippen LogP contribution in [-0.2, 0) is 11.3 Å². The Morgan fingerprint density at radius 3 is 2.67 bits per heavy atom. The van der Waals surface area contributed by atoms with Gasteiger partial charge in [0.2, 0.25) is 0 Å². The third-order valence-electron chi connectivity index (χ3n) is 2.42. The fourth-order valence-corrected chi connectivity index (χ4v) is 1.55. The molecule has 0 aliphatic carbocycles. The first-order valence-corrected chi connectivity index (χ1v) is 5.44. The predicted molar refractivity (Wildman–Crippen MR) is 61.8 cm³/mol. The van der Waals surface area contributed by atoms with Crippen molar-refractivity contribution in [2.24, 2.45) is 0 Å². The molecule has 2 rings (SSSR count). The van der Waals surface area contributed by atoms with Crippen molar-refractivity contribution in [1.82, 2.24) is 20.2 Å². The smallest absolute Gasteiger partial charge is 0.303 e. The number of nitrogens with zero attached hydrogens (tertiary/aromatic N) is 4. The summed E-state index contributed by atoms with van der Waals surface area (Å²) in [6, 6.07) is 6.50. The quantitative estimate of drug-likeness (QED) is 0.815. The van der Waals surface area contributed by atoms with Crippen molar-refractivity contribution in [3.8, 4) is 17.1 Å². The Morgan fingerprint density at radius 1 is 1.28 bits per heavy atom. The van der Waals surface area contributed by atoms with Gasteiger partial charge in [0.25, 0.3) is 0 Å². The Labute approximate surface area is 103 Å². The number of phenols is 1. The Bertz CT molecular complexity index is 535. The van der Waals surface area contributed by atoms with Crippen LogP contribution in [0.2, 0.25) is 0 Å². The number of tetrazole rings is 1. The van der Waals surface area contributed by atoms with Gasteiger partial charge < -0.3 is 10.2 Å². The molecule has 18 heavy (non-hydrogen) atoms. The predicted octanol–water partition coefficient (Wildman–Crippen LogP) is 0.910. The molecule has 0 unspecified atom stereocenters. The van der Waals surface area contributed by atoms with E-state index in [0.29, 0.717) is 18.8 Å². The van der Waals surface area contributed by atoms with Gasteiger partial charge in [0.1, 0.15) is 5.75 Å². The van der Waals surface area contributed by atoms with Crippen molar-refractivity contribution in [3.63, 3.8) is 0 Å². The number of rotatable bonds is 5. The van der Waals surface area contributed by atoms with Crippen molar-refractivity contribution in [2.45, 2.75) is 19.4 Å². The lowest BCUT2D eigenvalue weighted by molar-refractivity contribution is -0.137. The summed E-state index contributed by atoms with van der Waals surface area (Å²) in [6.45, 7) is 0.440. The van der Waals surface area contributed by atoms with Gasteiger partial charge in [-0.2, -0.15) is 0 Å². The van der Waals surface area contributed by atoms with Crippen LogP contribution in [0.1, 0.15) is 12.8 Å². The standard InChI is InChI=1S/C11H12N4O3/c16-9-5-3-8(4-6-9)11-12-13-14-15(11)7-1-2-10(17)18/h3-6,16H,1-2,7H2,(H,17,18). The lowest BCUT2D eigenvalue weighted by atomic mass is 10.2. The number of carboxylic acids is 1. The third kappa shape index (κ3) is 2.82. The molecule has 7 nitrogen and oxygen atoms in total. The molecule has 0 aliphatic heterocycles. The minimum absolute atomic E-state index is 0.0783. The summed E-state index contributed by atoms with van der Waals surface area (Å²) >= 11 is 0. The zero-order chi connectivity index (χ0) is 13.0. The van der Waals surface area contributed by atoms with Crippen LogP contribution in [0.4, 0.5) is 0 Å². The van der Waals surface area contributed by atoms with Gasteiger partial charge in [-0.15, -0.1) is 5.10 Å². The summed E-state index contributed by atoms with van der Waals surface area (Å²) in [6.07, 6.45) is 0.542. The molecule has 7 heteroatoms. The van der Waals surface area contributed by atoms with E-state index in [1.165, 1.54) is 0 Å². The van der Waals surface area contributed by atoms with E-state index in [4.69, 9.17) is 5.11 Å². The number of aliphatic carboxylic acids is 1. The average Bonchev–Trinajstić information content (AvgIpc) is 2.78. The zero-order valence-electron chi connectivity index (χ0n) is 9.52. The number of carbonyl (C=O) groups is 1. The van der Waals surface area contributed by atoms with Gasteiger partial charge in [-0.3, -0.25) is 4.79 Å². The van der Waals surface area contributed by atoms with Gasteiger partial charge in [-0.25, -0.2) is 4.68 Å². The van der Waals surface area contributed by atoms with Crippen LogP contribution in [0.25, 0.3) is 11.4 Å². The summed E-state index contributed by atoms with van der Waals surface area (Å²) in [4.78, 5) is 10.4. The first-order chi connectivity index (χ1) is 8.66. The van der Waals surface area contributed by atoms with E-state index in [1.54, 1.807) is 28.9 Å². The molecule has 0 aliphatic rings. The Kier molecular flexibility index (Phi) is 3.52. The SMILES string of the molecule is O=C(O)CCCn1nnnc1-c1ccc(O)cc1. The first-order valence-electron chi connectivity index (χ1n) is 5.44. The molecule has 1 aromatic heterocycles. The molecule has 2 aromatic rings. The van der Waals surface area contributed by atoms with E-state index in [1.807, 2.05) is 0 Å². The molecule has 0 atom stereocenters. The van der Waals surface area contributed by atoms with Crippen LogP contribution >= 0.6 is 0 Å². The number of carboxylic acid groups (broad SMARTS) is 1. The molecule has 0 bridgehead atoms. The summed E-state index contributed by atoms with van der Waals surface area (Å²) in [5.41, 5.74) is 0.771. The summed E-state index contributed by atoms with van der Waals surface area (Å²) < 4.78 is 1.55. The molecule has 1 aromatic carbocycles. The minimum Gasteiger partial charge on any atom is -0.508 e. The van der Waals surface area contributed by atoms with Gasteiger partial charge >= 0.3 is 5.97 Å². The van der Waals surface area contributed by atoms with Crippen molar-refractivity contribution in [3.05, 3.63) is 24.3 Å². The van der Waals surface area contributed by atoms with Crippen LogP contribution < -0.4 is 0 Å². The van der Waals surface area contributed by atoms with Gasteiger partial charge in [0, 0.05) is 18.5 Å². The highest BCUT2D eigenvalue weighted by molar-refractivity contribution is 5.66. The Hall–Kier alpha value is -2.44. The molecule has 94 valence electrons. The van der Waals surface area contributed by atoms with Crippen LogP contribution in [0.5, 0.6) is 5.75 Å². The van der Waals surface area contributed by atoms with Crippen molar-refractivity contribution < 1.29 is 15.0 Å². The highest BCUT2D eigenvalue weighted by Crippen LogP contribution is 2.19. The maximum absolute atomic E-state index is 10.4. The number of benzene rings is 1. The largest absolute Gasteiger partial charge is 0.508 e. The molecule has 0 spiro atoms. The molecule has 0 saturated carbocycles. The van der Waals surface area contributed by atoms with Gasteiger partial charge in [-0.05, 0) is 41.1 Å². The van der Waals surface area contributed by atoms with E-state index < -0.39 is 5.97 Å². The number of hydrogen-bond donors (Lipinski definition) is 2.